The molecule has 2 aromatic rings. The lowest BCUT2D eigenvalue weighted by molar-refractivity contribution is -0.141. The molecule has 126 valence electrons. The van der Waals surface area contributed by atoms with E-state index in [1.165, 1.54) is 11.3 Å². The molecule has 0 radical (unpaired) electrons. The molecule has 2 rings (SSSR count). The van der Waals surface area contributed by atoms with Gasteiger partial charge in [-0.3, -0.25) is 14.4 Å². The predicted molar refractivity (Wildman–Crippen MR) is 92.6 cm³/mol. The number of nitrogens with one attached hydrogen (secondary N) is 1. The molecular weight excluding hydrogens is 326 g/mol. The Morgan fingerprint density at radius 1 is 1.04 bits per heavy atom. The highest BCUT2D eigenvalue weighted by Gasteiger charge is 2.13. The Kier molecular flexibility index (Phi) is 5.87. The lowest BCUT2D eigenvalue weighted by Gasteiger charge is -2.07. The van der Waals surface area contributed by atoms with Gasteiger partial charge in [0.15, 0.2) is 6.61 Å². The summed E-state index contributed by atoms with van der Waals surface area (Å²) in [7, 11) is 0. The third-order valence-electron chi connectivity index (χ3n) is 3.54. The van der Waals surface area contributed by atoms with Crippen molar-refractivity contribution in [2.45, 2.75) is 20.8 Å². The summed E-state index contributed by atoms with van der Waals surface area (Å²) in [6, 6.07) is 8.86. The van der Waals surface area contributed by atoms with E-state index in [2.05, 4.69) is 5.32 Å². The first-order valence-corrected chi connectivity index (χ1v) is 8.29. The van der Waals surface area contributed by atoms with E-state index in [0.717, 1.165) is 16.0 Å². The van der Waals surface area contributed by atoms with E-state index in [4.69, 9.17) is 4.74 Å². The van der Waals surface area contributed by atoms with E-state index in [1.54, 1.807) is 18.2 Å². The third kappa shape index (κ3) is 4.76. The number of esters is 1. The SMILES string of the molecule is Cc1ccc(C(=O)COC(=O)CNC(=O)c2ccc(C)c(C)c2)s1. The summed E-state index contributed by atoms with van der Waals surface area (Å²) >= 11 is 1.35. The number of Topliss-reactive ketones (excluding diaryl/α,β-unsaturated/α-hetero) is 1. The van der Waals surface area contributed by atoms with Crippen molar-refractivity contribution in [3.05, 3.63) is 56.8 Å². The van der Waals surface area contributed by atoms with Crippen molar-refractivity contribution >= 4 is 29.0 Å². The molecule has 0 saturated heterocycles. The molecule has 5 nitrogen and oxygen atoms in total. The van der Waals surface area contributed by atoms with Crippen molar-refractivity contribution < 1.29 is 19.1 Å². The molecule has 0 aliphatic carbocycles. The van der Waals surface area contributed by atoms with E-state index < -0.39 is 5.97 Å². The van der Waals surface area contributed by atoms with Crippen molar-refractivity contribution in [3.8, 4) is 0 Å². The monoisotopic (exact) mass is 345 g/mol. The largest absolute Gasteiger partial charge is 0.456 e. The smallest absolute Gasteiger partial charge is 0.325 e. The topological polar surface area (TPSA) is 72.5 Å². The second-order valence-electron chi connectivity index (χ2n) is 5.48. The van der Waals surface area contributed by atoms with Crippen molar-refractivity contribution in [1.82, 2.24) is 5.32 Å². The average molecular weight is 345 g/mol. The van der Waals surface area contributed by atoms with Crippen molar-refractivity contribution in [2.24, 2.45) is 0 Å². The highest BCUT2D eigenvalue weighted by atomic mass is 32.1. The van der Waals surface area contributed by atoms with Crippen LogP contribution < -0.4 is 5.32 Å². The Morgan fingerprint density at radius 3 is 2.42 bits per heavy atom. The van der Waals surface area contributed by atoms with Gasteiger partial charge in [0.2, 0.25) is 5.78 Å². The minimum atomic E-state index is -0.645. The van der Waals surface area contributed by atoms with Crippen LogP contribution in [0.2, 0.25) is 0 Å². The van der Waals surface area contributed by atoms with Gasteiger partial charge in [-0.15, -0.1) is 11.3 Å². The Balaban J connectivity index is 1.79. The highest BCUT2D eigenvalue weighted by molar-refractivity contribution is 7.14. The molecule has 1 amide bonds. The first-order chi connectivity index (χ1) is 11.4. The lowest BCUT2D eigenvalue weighted by Crippen LogP contribution is -2.31. The van der Waals surface area contributed by atoms with E-state index in [0.29, 0.717) is 10.4 Å². The lowest BCUT2D eigenvalue weighted by atomic mass is 10.1. The maximum absolute atomic E-state index is 12.0. The number of aryl methyl sites for hydroxylation is 3. The molecule has 1 aromatic heterocycles. The molecule has 0 atom stereocenters. The standard InChI is InChI=1S/C18H19NO4S/c1-11-4-6-14(8-12(11)2)18(22)19-9-17(21)23-10-15(20)16-7-5-13(3)24-16/h4-8H,9-10H2,1-3H3,(H,19,22). The molecule has 1 heterocycles. The number of rotatable bonds is 6. The molecule has 24 heavy (non-hydrogen) atoms. The fraction of sp³-hybridized carbons (Fsp3) is 0.278. The molecule has 0 fully saturated rings. The van der Waals surface area contributed by atoms with Crippen LogP contribution >= 0.6 is 11.3 Å². The first kappa shape index (κ1) is 17.9. The Bertz CT molecular complexity index is 779. The van der Waals surface area contributed by atoms with Gasteiger partial charge in [0.1, 0.15) is 6.54 Å². The molecule has 6 heteroatoms. The number of carbonyl (C=O) groups is 3. The van der Waals surface area contributed by atoms with E-state index in [9.17, 15) is 14.4 Å². The van der Waals surface area contributed by atoms with Gasteiger partial charge in [-0.05, 0) is 56.2 Å². The summed E-state index contributed by atoms with van der Waals surface area (Å²) in [6.45, 7) is 5.18. The molecule has 0 aliphatic heterocycles. The minimum Gasteiger partial charge on any atom is -0.456 e. The first-order valence-electron chi connectivity index (χ1n) is 7.47. The molecule has 1 aromatic carbocycles. The van der Waals surface area contributed by atoms with Crippen molar-refractivity contribution in [2.75, 3.05) is 13.2 Å². The summed E-state index contributed by atoms with van der Waals surface area (Å²) in [5.41, 5.74) is 2.58. The van der Waals surface area contributed by atoms with Crippen LogP contribution in [-0.2, 0) is 9.53 Å². The minimum absolute atomic E-state index is 0.248. The maximum atomic E-state index is 12.0. The highest BCUT2D eigenvalue weighted by Crippen LogP contribution is 2.15. The van der Waals surface area contributed by atoms with Gasteiger partial charge in [-0.2, -0.15) is 0 Å². The maximum Gasteiger partial charge on any atom is 0.325 e. The summed E-state index contributed by atoms with van der Waals surface area (Å²) < 4.78 is 4.90. The fourth-order valence-corrected chi connectivity index (χ4v) is 2.78. The zero-order valence-corrected chi connectivity index (χ0v) is 14.7. The molecule has 0 spiro atoms. The van der Waals surface area contributed by atoms with Crippen LogP contribution in [0.5, 0.6) is 0 Å². The number of ether oxygens (including phenoxy) is 1. The molecule has 0 saturated carbocycles. The number of hydrogen-bond acceptors (Lipinski definition) is 5. The molecule has 0 bridgehead atoms. The van der Waals surface area contributed by atoms with Crippen LogP contribution in [0.4, 0.5) is 0 Å². The Hall–Kier alpha value is -2.47. The second kappa shape index (κ2) is 7.88. The third-order valence-corrected chi connectivity index (χ3v) is 4.58. The quantitative estimate of drug-likeness (QED) is 0.645. The zero-order valence-electron chi connectivity index (χ0n) is 13.8. The van der Waals surface area contributed by atoms with Gasteiger partial charge in [-0.25, -0.2) is 0 Å². The average Bonchev–Trinajstić information content (AvgIpc) is 2.99. The van der Waals surface area contributed by atoms with Crippen LogP contribution in [0.1, 0.15) is 36.0 Å². The van der Waals surface area contributed by atoms with Crippen LogP contribution in [0.25, 0.3) is 0 Å². The fourth-order valence-electron chi connectivity index (χ4n) is 1.99. The molecule has 1 N–H and O–H groups in total. The Labute approximate surface area is 144 Å². The van der Waals surface area contributed by atoms with E-state index >= 15 is 0 Å². The normalized spacial score (nSPS) is 10.3. The number of carbonyl (C=O) groups excluding carboxylic acids is 3. The number of amides is 1. The molecular formula is C18H19NO4S. The van der Waals surface area contributed by atoms with E-state index in [1.807, 2.05) is 32.9 Å². The van der Waals surface area contributed by atoms with Crippen LogP contribution in [0.3, 0.4) is 0 Å². The summed E-state index contributed by atoms with van der Waals surface area (Å²) in [5.74, 6) is -1.24. The van der Waals surface area contributed by atoms with Gasteiger partial charge in [0.25, 0.3) is 5.91 Å². The number of hydrogen-bond donors (Lipinski definition) is 1. The van der Waals surface area contributed by atoms with Gasteiger partial charge >= 0.3 is 5.97 Å². The number of benzene rings is 1. The second-order valence-corrected chi connectivity index (χ2v) is 6.76. The molecule has 0 unspecified atom stereocenters. The van der Waals surface area contributed by atoms with Crippen molar-refractivity contribution in [3.63, 3.8) is 0 Å². The van der Waals surface area contributed by atoms with Crippen LogP contribution in [-0.4, -0.2) is 30.8 Å². The molecule has 0 aliphatic rings. The Morgan fingerprint density at radius 2 is 1.79 bits per heavy atom. The van der Waals surface area contributed by atoms with Gasteiger partial charge in [0.05, 0.1) is 4.88 Å². The van der Waals surface area contributed by atoms with Gasteiger partial charge < -0.3 is 10.1 Å². The van der Waals surface area contributed by atoms with E-state index in [-0.39, 0.29) is 24.8 Å². The van der Waals surface area contributed by atoms with Gasteiger partial charge in [0, 0.05) is 10.4 Å². The van der Waals surface area contributed by atoms with Crippen LogP contribution in [0, 0.1) is 20.8 Å². The predicted octanol–water partition coefficient (Wildman–Crippen LogP) is 2.83. The van der Waals surface area contributed by atoms with Crippen molar-refractivity contribution in [1.29, 1.82) is 0 Å². The number of ketones is 1. The van der Waals surface area contributed by atoms with Gasteiger partial charge in [-0.1, -0.05) is 6.07 Å². The summed E-state index contributed by atoms with van der Waals surface area (Å²) in [6.07, 6.45) is 0. The number of thiophene rings is 1. The van der Waals surface area contributed by atoms with Crippen LogP contribution in [0.15, 0.2) is 30.3 Å². The summed E-state index contributed by atoms with van der Waals surface area (Å²) in [5, 5.41) is 2.49. The zero-order chi connectivity index (χ0) is 17.7. The summed E-state index contributed by atoms with van der Waals surface area (Å²) in [4.78, 5) is 37.1.